The van der Waals surface area contributed by atoms with Crippen molar-refractivity contribution in [3.63, 3.8) is 0 Å². The van der Waals surface area contributed by atoms with Crippen molar-refractivity contribution >= 4 is 28.6 Å². The second-order valence-corrected chi connectivity index (χ2v) is 6.48. The zero-order valence-electron chi connectivity index (χ0n) is 14.7. The molecule has 0 radical (unpaired) electrons. The Morgan fingerprint density at radius 3 is 2.78 bits per heavy atom. The van der Waals surface area contributed by atoms with E-state index in [9.17, 15) is 0 Å². The van der Waals surface area contributed by atoms with E-state index in [2.05, 4.69) is 25.3 Å². The third-order valence-corrected chi connectivity index (χ3v) is 4.48. The van der Waals surface area contributed by atoms with Gasteiger partial charge < -0.3 is 15.0 Å². The highest BCUT2D eigenvalue weighted by atomic mass is 35.5. The number of nitrogens with zero attached hydrogens (tertiary/aromatic N) is 3. The van der Waals surface area contributed by atoms with Crippen LogP contribution >= 0.6 is 11.6 Å². The Kier molecular flexibility index (Phi) is 4.89. The summed E-state index contributed by atoms with van der Waals surface area (Å²) in [6.45, 7) is 0.646. The van der Waals surface area contributed by atoms with Crippen molar-refractivity contribution < 1.29 is 4.74 Å². The van der Waals surface area contributed by atoms with Crippen molar-refractivity contribution in [3.8, 4) is 5.75 Å². The third kappa shape index (κ3) is 3.85. The van der Waals surface area contributed by atoms with Gasteiger partial charge in [0.15, 0.2) is 5.65 Å². The van der Waals surface area contributed by atoms with E-state index in [1.54, 1.807) is 7.11 Å². The van der Waals surface area contributed by atoms with Crippen LogP contribution in [0.4, 0.5) is 5.82 Å². The van der Waals surface area contributed by atoms with E-state index >= 15 is 0 Å². The molecular formula is C20H18ClN5O. The normalized spacial score (nSPS) is 10.9. The topological polar surface area (TPSA) is 75.7 Å². The molecule has 27 heavy (non-hydrogen) atoms. The average Bonchev–Trinajstić information content (AvgIpc) is 3.09. The molecule has 2 N–H and O–H groups in total. The fourth-order valence-electron chi connectivity index (χ4n) is 2.94. The second-order valence-electron chi connectivity index (χ2n) is 6.10. The minimum Gasteiger partial charge on any atom is -0.496 e. The molecule has 0 saturated heterocycles. The molecular weight excluding hydrogens is 362 g/mol. The summed E-state index contributed by atoms with van der Waals surface area (Å²) in [5.74, 6) is 1.67. The van der Waals surface area contributed by atoms with Crippen molar-refractivity contribution in [2.24, 2.45) is 0 Å². The molecule has 1 aromatic carbocycles. The predicted octanol–water partition coefficient (Wildman–Crippen LogP) is 4.22. The highest BCUT2D eigenvalue weighted by Gasteiger charge is 2.08. The van der Waals surface area contributed by atoms with Crippen molar-refractivity contribution in [1.82, 2.24) is 19.9 Å². The number of benzene rings is 1. The maximum Gasteiger partial charge on any atom is 0.156 e. The summed E-state index contributed by atoms with van der Waals surface area (Å²) in [7, 11) is 1.67. The molecule has 4 rings (SSSR count). The first-order valence-corrected chi connectivity index (χ1v) is 8.90. The first kappa shape index (κ1) is 17.3. The molecule has 0 fully saturated rings. The summed E-state index contributed by atoms with van der Waals surface area (Å²) >= 11 is 5.96. The number of para-hydroxylation sites is 1. The van der Waals surface area contributed by atoms with Crippen molar-refractivity contribution in [1.29, 1.82) is 0 Å². The van der Waals surface area contributed by atoms with Gasteiger partial charge in [0.1, 0.15) is 22.2 Å². The largest absolute Gasteiger partial charge is 0.496 e. The lowest BCUT2D eigenvalue weighted by atomic mass is 10.1. The maximum atomic E-state index is 5.96. The van der Waals surface area contributed by atoms with Gasteiger partial charge in [-0.25, -0.2) is 15.0 Å². The van der Waals surface area contributed by atoms with E-state index < -0.39 is 0 Å². The Morgan fingerprint density at radius 1 is 1.07 bits per heavy atom. The first-order chi connectivity index (χ1) is 13.2. The van der Waals surface area contributed by atoms with Crippen LogP contribution in [-0.2, 0) is 13.0 Å². The van der Waals surface area contributed by atoms with Crippen molar-refractivity contribution in [2.75, 3.05) is 12.4 Å². The fourth-order valence-corrected chi connectivity index (χ4v) is 3.08. The number of aromatic amines is 1. The van der Waals surface area contributed by atoms with E-state index in [4.69, 9.17) is 16.3 Å². The Morgan fingerprint density at radius 2 is 1.96 bits per heavy atom. The van der Waals surface area contributed by atoms with E-state index in [1.807, 2.05) is 48.8 Å². The number of anilines is 1. The number of aromatic nitrogens is 4. The lowest BCUT2D eigenvalue weighted by molar-refractivity contribution is 0.410. The second kappa shape index (κ2) is 7.63. The minimum atomic E-state index is 0.386. The van der Waals surface area contributed by atoms with Crippen LogP contribution in [-0.4, -0.2) is 27.0 Å². The number of hydrogen-bond acceptors (Lipinski definition) is 5. The number of rotatable bonds is 6. The summed E-state index contributed by atoms with van der Waals surface area (Å²) in [6, 6.07) is 11.9. The number of fused-ring (bicyclic) bond motifs is 1. The number of H-pyrrole nitrogens is 1. The van der Waals surface area contributed by atoms with E-state index in [-0.39, 0.29) is 0 Å². The smallest absolute Gasteiger partial charge is 0.156 e. The van der Waals surface area contributed by atoms with Gasteiger partial charge in [-0.3, -0.25) is 0 Å². The molecule has 3 aromatic heterocycles. The highest BCUT2D eigenvalue weighted by molar-refractivity contribution is 6.29. The van der Waals surface area contributed by atoms with Crippen LogP contribution in [0.5, 0.6) is 5.75 Å². The number of ether oxygens (including phenoxy) is 1. The molecule has 0 saturated carbocycles. The molecule has 6 nitrogen and oxygen atoms in total. The molecule has 0 unspecified atom stereocenters. The lowest BCUT2D eigenvalue weighted by Gasteiger charge is -2.10. The zero-order chi connectivity index (χ0) is 18.6. The monoisotopic (exact) mass is 379 g/mol. The molecule has 0 bridgehead atoms. The quantitative estimate of drug-likeness (QED) is 0.524. The number of hydrogen-bond donors (Lipinski definition) is 2. The van der Waals surface area contributed by atoms with Gasteiger partial charge in [0.25, 0.3) is 0 Å². The van der Waals surface area contributed by atoms with Gasteiger partial charge in [-0.2, -0.15) is 0 Å². The Hall–Kier alpha value is -3.12. The molecule has 0 spiro atoms. The molecule has 3 heterocycles. The molecule has 136 valence electrons. The zero-order valence-corrected chi connectivity index (χ0v) is 15.5. The minimum absolute atomic E-state index is 0.386. The van der Waals surface area contributed by atoms with Crippen LogP contribution in [0.1, 0.15) is 16.7 Å². The Labute approximate surface area is 161 Å². The molecule has 7 heteroatoms. The Balaban J connectivity index is 1.45. The molecule has 0 amide bonds. The van der Waals surface area contributed by atoms with E-state index in [1.165, 1.54) is 6.20 Å². The lowest BCUT2D eigenvalue weighted by Crippen LogP contribution is -2.03. The van der Waals surface area contributed by atoms with Gasteiger partial charge in [0, 0.05) is 36.5 Å². The van der Waals surface area contributed by atoms with Crippen LogP contribution in [0.25, 0.3) is 11.2 Å². The average molecular weight is 380 g/mol. The van der Waals surface area contributed by atoms with Crippen LogP contribution in [0.15, 0.2) is 55.0 Å². The van der Waals surface area contributed by atoms with Crippen LogP contribution in [0, 0.1) is 0 Å². The van der Waals surface area contributed by atoms with E-state index in [0.717, 1.165) is 39.4 Å². The molecule has 0 aliphatic rings. The Bertz CT molecular complexity index is 1060. The molecule has 4 aromatic rings. The maximum absolute atomic E-state index is 5.96. The summed E-state index contributed by atoms with van der Waals surface area (Å²) in [4.78, 5) is 16.2. The summed E-state index contributed by atoms with van der Waals surface area (Å²) in [5.41, 5.74) is 4.73. The predicted molar refractivity (Wildman–Crippen MR) is 106 cm³/mol. The van der Waals surface area contributed by atoms with Gasteiger partial charge in [-0.15, -0.1) is 0 Å². The highest BCUT2D eigenvalue weighted by Crippen LogP contribution is 2.21. The first-order valence-electron chi connectivity index (χ1n) is 8.52. The number of halogens is 1. The van der Waals surface area contributed by atoms with Gasteiger partial charge >= 0.3 is 0 Å². The molecule has 0 aliphatic carbocycles. The molecule has 0 atom stereocenters. The number of pyridine rings is 1. The number of nitrogens with one attached hydrogen (secondary N) is 2. The third-order valence-electron chi connectivity index (χ3n) is 4.30. The fraction of sp³-hybridized carbons (Fsp3) is 0.150. The van der Waals surface area contributed by atoms with Crippen molar-refractivity contribution in [3.05, 3.63) is 76.8 Å². The van der Waals surface area contributed by atoms with Gasteiger partial charge in [0.05, 0.1) is 13.3 Å². The summed E-state index contributed by atoms with van der Waals surface area (Å²) in [6.07, 6.45) is 6.01. The summed E-state index contributed by atoms with van der Waals surface area (Å²) < 4.78 is 5.37. The SMILES string of the molecule is COc1ccccc1CNc1ccc(Cc2c[nH]c3ncc(Cl)nc23)cn1. The summed E-state index contributed by atoms with van der Waals surface area (Å²) in [5, 5.41) is 3.71. The standard InChI is InChI=1S/C20H18ClN5O/c1-27-16-5-3-2-4-14(16)10-23-18-7-6-13(9-22-18)8-15-11-24-20-19(15)26-17(21)12-25-20/h2-7,9,11-12H,8,10H2,1H3,(H,22,23)(H,24,25). The van der Waals surface area contributed by atoms with Gasteiger partial charge in [-0.1, -0.05) is 35.9 Å². The van der Waals surface area contributed by atoms with Gasteiger partial charge in [0.2, 0.25) is 0 Å². The van der Waals surface area contributed by atoms with Crippen molar-refractivity contribution in [2.45, 2.75) is 13.0 Å². The van der Waals surface area contributed by atoms with Crippen LogP contribution in [0.3, 0.4) is 0 Å². The van der Waals surface area contributed by atoms with E-state index in [0.29, 0.717) is 18.1 Å². The number of methoxy groups -OCH3 is 1. The molecule has 0 aliphatic heterocycles. The van der Waals surface area contributed by atoms with Gasteiger partial charge in [-0.05, 0) is 17.7 Å². The van der Waals surface area contributed by atoms with Crippen LogP contribution in [0.2, 0.25) is 5.15 Å². The van der Waals surface area contributed by atoms with Crippen LogP contribution < -0.4 is 10.1 Å².